The molecule has 1 heterocycles. The second kappa shape index (κ2) is 9.00. The minimum absolute atomic E-state index is 0.131. The zero-order valence-electron chi connectivity index (χ0n) is 13.9. The second-order valence-electron chi connectivity index (χ2n) is 5.91. The van der Waals surface area contributed by atoms with E-state index < -0.39 is 15.9 Å². The maximum absolute atomic E-state index is 12.1. The summed E-state index contributed by atoms with van der Waals surface area (Å²) < 4.78 is 28.5. The fraction of sp³-hybridized carbons (Fsp3) is 0.562. The molecule has 0 bridgehead atoms. The van der Waals surface area contributed by atoms with Crippen LogP contribution in [0.25, 0.3) is 0 Å². The number of ether oxygens (including phenoxy) is 1. The molecule has 8 heteroatoms. The summed E-state index contributed by atoms with van der Waals surface area (Å²) in [7, 11) is -3.22. The van der Waals surface area contributed by atoms with Crippen molar-refractivity contribution in [1.29, 1.82) is 0 Å². The summed E-state index contributed by atoms with van der Waals surface area (Å²) in [6, 6.07) is 8.19. The molecular formula is C16H25N3O4S. The normalized spacial score (nSPS) is 17.2. The Hall–Kier alpha value is -1.64. The molecule has 2 amide bonds. The van der Waals surface area contributed by atoms with Gasteiger partial charge in [-0.3, -0.25) is 4.90 Å². The quantitative estimate of drug-likeness (QED) is 0.739. The molecule has 1 fully saturated rings. The third-order valence-corrected chi connectivity index (χ3v) is 4.73. The molecule has 0 aliphatic carbocycles. The number of sulfone groups is 1. The van der Waals surface area contributed by atoms with E-state index in [0.717, 1.165) is 38.4 Å². The van der Waals surface area contributed by atoms with Gasteiger partial charge in [0.1, 0.15) is 9.84 Å². The molecule has 0 spiro atoms. The Kier molecular flexibility index (Phi) is 7.01. The average molecular weight is 355 g/mol. The lowest BCUT2D eigenvalue weighted by atomic mass is 10.1. The smallest absolute Gasteiger partial charge is 0.315 e. The molecule has 24 heavy (non-hydrogen) atoms. The van der Waals surface area contributed by atoms with E-state index in [0.29, 0.717) is 6.54 Å². The minimum atomic E-state index is -3.22. The number of carbonyl (C=O) groups excluding carboxylic acids is 1. The molecule has 0 saturated carbocycles. The van der Waals surface area contributed by atoms with Gasteiger partial charge in [-0.05, 0) is 5.56 Å². The number of nitrogens with one attached hydrogen (secondary N) is 2. The van der Waals surface area contributed by atoms with Gasteiger partial charge in [-0.2, -0.15) is 0 Å². The van der Waals surface area contributed by atoms with Crippen LogP contribution < -0.4 is 10.6 Å². The van der Waals surface area contributed by atoms with E-state index in [9.17, 15) is 13.2 Å². The second-order valence-corrected chi connectivity index (χ2v) is 8.09. The van der Waals surface area contributed by atoms with Crippen LogP contribution in [0.5, 0.6) is 0 Å². The van der Waals surface area contributed by atoms with E-state index in [-0.39, 0.29) is 11.8 Å². The molecular weight excluding hydrogens is 330 g/mol. The van der Waals surface area contributed by atoms with Crippen molar-refractivity contribution in [3.63, 3.8) is 0 Å². The molecule has 1 saturated heterocycles. The van der Waals surface area contributed by atoms with E-state index in [1.54, 1.807) is 0 Å². The predicted molar refractivity (Wildman–Crippen MR) is 92.7 cm³/mol. The van der Waals surface area contributed by atoms with Crippen LogP contribution in [-0.4, -0.2) is 70.8 Å². The fourth-order valence-corrected chi connectivity index (χ4v) is 3.45. The number of hydrogen-bond acceptors (Lipinski definition) is 5. The van der Waals surface area contributed by atoms with Crippen molar-refractivity contribution in [2.24, 2.45) is 0 Å². The van der Waals surface area contributed by atoms with Crippen molar-refractivity contribution >= 4 is 15.9 Å². The molecule has 7 nitrogen and oxygen atoms in total. The van der Waals surface area contributed by atoms with Crippen LogP contribution in [0, 0.1) is 0 Å². The van der Waals surface area contributed by atoms with Gasteiger partial charge in [0, 0.05) is 32.4 Å². The number of amides is 2. The molecule has 1 aromatic rings. The SMILES string of the molecule is CS(=O)(=O)C[C@H](NC(=O)NCCN1CCOCC1)c1ccccc1. The van der Waals surface area contributed by atoms with Crippen molar-refractivity contribution in [3.8, 4) is 0 Å². The number of morpholine rings is 1. The highest BCUT2D eigenvalue weighted by Crippen LogP contribution is 2.14. The maximum atomic E-state index is 12.1. The number of hydrogen-bond donors (Lipinski definition) is 2. The minimum Gasteiger partial charge on any atom is -0.379 e. The summed E-state index contributed by atoms with van der Waals surface area (Å²) in [5.41, 5.74) is 0.770. The highest BCUT2D eigenvalue weighted by atomic mass is 32.2. The van der Waals surface area contributed by atoms with Crippen LogP contribution in [0.3, 0.4) is 0 Å². The number of carbonyl (C=O) groups is 1. The first-order chi connectivity index (χ1) is 11.4. The summed E-state index contributed by atoms with van der Waals surface area (Å²) in [5.74, 6) is -0.131. The van der Waals surface area contributed by atoms with Gasteiger partial charge >= 0.3 is 6.03 Å². The van der Waals surface area contributed by atoms with Gasteiger partial charge in [0.25, 0.3) is 0 Å². The van der Waals surface area contributed by atoms with E-state index in [1.165, 1.54) is 6.26 Å². The van der Waals surface area contributed by atoms with Crippen LogP contribution >= 0.6 is 0 Å². The van der Waals surface area contributed by atoms with Gasteiger partial charge in [0.2, 0.25) is 0 Å². The van der Waals surface area contributed by atoms with Gasteiger partial charge in [-0.25, -0.2) is 13.2 Å². The van der Waals surface area contributed by atoms with Crippen LogP contribution in [0.4, 0.5) is 4.79 Å². The third kappa shape index (κ3) is 6.86. The van der Waals surface area contributed by atoms with Gasteiger partial charge in [-0.1, -0.05) is 30.3 Å². The largest absolute Gasteiger partial charge is 0.379 e. The Labute approximate surface area is 143 Å². The van der Waals surface area contributed by atoms with Crippen LogP contribution in [0.15, 0.2) is 30.3 Å². The van der Waals surface area contributed by atoms with Crippen LogP contribution in [-0.2, 0) is 14.6 Å². The molecule has 1 atom stereocenters. The molecule has 0 aromatic heterocycles. The number of nitrogens with zero attached hydrogens (tertiary/aromatic N) is 1. The summed E-state index contributed by atoms with van der Waals surface area (Å²) in [4.78, 5) is 14.3. The number of urea groups is 1. The van der Waals surface area contributed by atoms with E-state index in [4.69, 9.17) is 4.74 Å². The molecule has 1 aromatic carbocycles. The Morgan fingerprint density at radius 1 is 1.25 bits per heavy atom. The first-order valence-electron chi connectivity index (χ1n) is 8.01. The van der Waals surface area contributed by atoms with Crippen molar-refractivity contribution in [2.75, 3.05) is 51.4 Å². The average Bonchev–Trinajstić information content (AvgIpc) is 2.55. The zero-order valence-corrected chi connectivity index (χ0v) is 14.7. The Morgan fingerprint density at radius 3 is 2.54 bits per heavy atom. The van der Waals surface area contributed by atoms with Crippen LogP contribution in [0.1, 0.15) is 11.6 Å². The lowest BCUT2D eigenvalue weighted by Gasteiger charge is -2.26. The topological polar surface area (TPSA) is 87.7 Å². The highest BCUT2D eigenvalue weighted by molar-refractivity contribution is 7.90. The summed E-state index contributed by atoms with van der Waals surface area (Å²) >= 11 is 0. The fourth-order valence-electron chi connectivity index (χ4n) is 2.57. The lowest BCUT2D eigenvalue weighted by Crippen LogP contribution is -2.45. The molecule has 134 valence electrons. The van der Waals surface area contributed by atoms with Crippen molar-refractivity contribution in [2.45, 2.75) is 6.04 Å². The van der Waals surface area contributed by atoms with Crippen molar-refractivity contribution in [3.05, 3.63) is 35.9 Å². The van der Waals surface area contributed by atoms with Gasteiger partial charge in [0.05, 0.1) is 25.0 Å². The monoisotopic (exact) mass is 355 g/mol. The molecule has 2 N–H and O–H groups in total. The number of rotatable bonds is 7. The summed E-state index contributed by atoms with van der Waals surface area (Å²) in [6.07, 6.45) is 1.17. The Balaban J connectivity index is 1.85. The van der Waals surface area contributed by atoms with Crippen molar-refractivity contribution in [1.82, 2.24) is 15.5 Å². The Bertz CT molecular complexity index is 615. The first-order valence-corrected chi connectivity index (χ1v) is 10.1. The molecule has 1 aliphatic heterocycles. The highest BCUT2D eigenvalue weighted by Gasteiger charge is 2.19. The first kappa shape index (κ1) is 18.7. The summed E-state index contributed by atoms with van der Waals surface area (Å²) in [5, 5.41) is 5.54. The molecule has 1 aliphatic rings. The summed E-state index contributed by atoms with van der Waals surface area (Å²) in [6.45, 7) is 4.42. The van der Waals surface area contributed by atoms with Crippen LogP contribution in [0.2, 0.25) is 0 Å². The van der Waals surface area contributed by atoms with E-state index in [1.807, 2.05) is 30.3 Å². The molecule has 0 radical (unpaired) electrons. The standard InChI is InChI=1S/C16H25N3O4S/c1-24(21,22)13-15(14-5-3-2-4-6-14)18-16(20)17-7-8-19-9-11-23-12-10-19/h2-6,15H,7-13H2,1H3,(H2,17,18,20)/t15-/m0/s1. The van der Waals surface area contributed by atoms with Gasteiger partial charge < -0.3 is 15.4 Å². The lowest BCUT2D eigenvalue weighted by molar-refractivity contribution is 0.0387. The van der Waals surface area contributed by atoms with Gasteiger partial charge in [0.15, 0.2) is 0 Å². The maximum Gasteiger partial charge on any atom is 0.315 e. The molecule has 0 unspecified atom stereocenters. The van der Waals surface area contributed by atoms with Gasteiger partial charge in [-0.15, -0.1) is 0 Å². The van der Waals surface area contributed by atoms with E-state index >= 15 is 0 Å². The third-order valence-electron chi connectivity index (χ3n) is 3.79. The van der Waals surface area contributed by atoms with E-state index in [2.05, 4.69) is 15.5 Å². The Morgan fingerprint density at radius 2 is 1.92 bits per heavy atom. The molecule has 2 rings (SSSR count). The van der Waals surface area contributed by atoms with Crippen molar-refractivity contribution < 1.29 is 17.9 Å². The number of benzene rings is 1. The predicted octanol–water partition coefficient (Wildman–Crippen LogP) is 0.404. The zero-order chi connectivity index (χ0) is 17.4.